The average molecular weight is 343 g/mol. The number of nitrogens with zero attached hydrogens (tertiary/aromatic N) is 5. The first kappa shape index (κ1) is 17.4. The number of hydrogen-bond donors (Lipinski definition) is 0. The van der Waals surface area contributed by atoms with E-state index in [1.807, 2.05) is 4.90 Å². The number of halogens is 3. The van der Waals surface area contributed by atoms with Gasteiger partial charge in [0.05, 0.1) is 0 Å². The summed E-state index contributed by atoms with van der Waals surface area (Å²) in [5.74, 6) is 0.180. The van der Waals surface area contributed by atoms with Gasteiger partial charge in [-0.2, -0.15) is 13.2 Å². The maximum Gasteiger partial charge on any atom is 0.433 e. The van der Waals surface area contributed by atoms with E-state index in [-0.39, 0.29) is 5.95 Å². The van der Waals surface area contributed by atoms with Crippen LogP contribution in [0.15, 0.2) is 12.3 Å². The van der Waals surface area contributed by atoms with Crippen LogP contribution in [0, 0.1) is 0 Å². The van der Waals surface area contributed by atoms with E-state index in [2.05, 4.69) is 26.8 Å². The first-order valence-electron chi connectivity index (χ1n) is 8.51. The number of piperidine rings is 1. The zero-order valence-corrected chi connectivity index (χ0v) is 14.0. The number of anilines is 1. The molecule has 0 N–H and O–H groups in total. The van der Waals surface area contributed by atoms with Crippen LogP contribution in [0.4, 0.5) is 19.1 Å². The maximum absolute atomic E-state index is 12.8. The monoisotopic (exact) mass is 343 g/mol. The van der Waals surface area contributed by atoms with E-state index >= 15 is 0 Å². The van der Waals surface area contributed by atoms with Crippen molar-refractivity contribution in [2.24, 2.45) is 0 Å². The summed E-state index contributed by atoms with van der Waals surface area (Å²) in [6, 6.07) is 1.51. The molecule has 0 amide bonds. The van der Waals surface area contributed by atoms with Crippen LogP contribution in [0.2, 0.25) is 0 Å². The lowest BCUT2D eigenvalue weighted by Crippen LogP contribution is -2.52. The van der Waals surface area contributed by atoms with Crippen molar-refractivity contribution in [2.45, 2.75) is 31.5 Å². The average Bonchev–Trinajstić information content (AvgIpc) is 2.57. The Kier molecular flexibility index (Phi) is 5.24. The highest BCUT2D eigenvalue weighted by molar-refractivity contribution is 5.31. The molecule has 0 bridgehead atoms. The van der Waals surface area contributed by atoms with Gasteiger partial charge in [-0.15, -0.1) is 0 Å². The lowest BCUT2D eigenvalue weighted by Gasteiger charge is -2.40. The number of alkyl halides is 3. The smallest absolute Gasteiger partial charge is 0.338 e. The van der Waals surface area contributed by atoms with Crippen molar-refractivity contribution in [2.75, 3.05) is 51.2 Å². The van der Waals surface area contributed by atoms with Gasteiger partial charge in [-0.25, -0.2) is 9.97 Å². The number of aromatic nitrogens is 2. The highest BCUT2D eigenvalue weighted by Gasteiger charge is 2.33. The van der Waals surface area contributed by atoms with Crippen molar-refractivity contribution in [3.63, 3.8) is 0 Å². The van der Waals surface area contributed by atoms with E-state index in [4.69, 9.17) is 0 Å². The Labute approximate surface area is 140 Å². The largest absolute Gasteiger partial charge is 0.433 e. The second-order valence-electron chi connectivity index (χ2n) is 6.66. The molecule has 8 heteroatoms. The van der Waals surface area contributed by atoms with E-state index in [0.29, 0.717) is 19.1 Å². The second-order valence-corrected chi connectivity index (χ2v) is 6.66. The van der Waals surface area contributed by atoms with Gasteiger partial charge in [0.15, 0.2) is 0 Å². The Morgan fingerprint density at radius 3 is 2.54 bits per heavy atom. The van der Waals surface area contributed by atoms with Gasteiger partial charge in [-0.3, -0.25) is 4.90 Å². The van der Waals surface area contributed by atoms with Crippen molar-refractivity contribution in [1.29, 1.82) is 0 Å². The topological polar surface area (TPSA) is 35.5 Å². The number of piperazine rings is 1. The maximum atomic E-state index is 12.8. The Balaban J connectivity index is 1.55. The number of likely N-dealkylation sites (tertiary alicyclic amines) is 1. The molecule has 134 valence electrons. The zero-order valence-electron chi connectivity index (χ0n) is 14.0. The van der Waals surface area contributed by atoms with Gasteiger partial charge in [-0.1, -0.05) is 6.42 Å². The van der Waals surface area contributed by atoms with Gasteiger partial charge in [-0.05, 0) is 32.5 Å². The predicted octanol–water partition coefficient (Wildman–Crippen LogP) is 2.10. The normalized spacial score (nSPS) is 24.3. The molecule has 1 atom stereocenters. The van der Waals surface area contributed by atoms with Gasteiger partial charge in [0, 0.05) is 45.0 Å². The lowest BCUT2D eigenvalue weighted by atomic mass is 10.0. The van der Waals surface area contributed by atoms with Gasteiger partial charge < -0.3 is 9.80 Å². The van der Waals surface area contributed by atoms with Gasteiger partial charge in [0.2, 0.25) is 5.95 Å². The van der Waals surface area contributed by atoms with Crippen LogP contribution >= 0.6 is 0 Å². The quantitative estimate of drug-likeness (QED) is 0.840. The van der Waals surface area contributed by atoms with Gasteiger partial charge in [0.1, 0.15) is 5.69 Å². The fourth-order valence-electron chi connectivity index (χ4n) is 3.46. The Hall–Kier alpha value is -1.41. The fourth-order valence-corrected chi connectivity index (χ4v) is 3.46. The minimum atomic E-state index is -4.43. The van der Waals surface area contributed by atoms with Gasteiger partial charge in [0.25, 0.3) is 0 Å². The van der Waals surface area contributed by atoms with Crippen LogP contribution in [0.5, 0.6) is 0 Å². The van der Waals surface area contributed by atoms with E-state index in [9.17, 15) is 13.2 Å². The van der Waals surface area contributed by atoms with Crippen molar-refractivity contribution >= 4 is 5.95 Å². The molecule has 0 aromatic carbocycles. The molecular weight excluding hydrogens is 319 g/mol. The molecule has 0 unspecified atom stereocenters. The number of hydrogen-bond acceptors (Lipinski definition) is 5. The molecule has 2 fully saturated rings. The van der Waals surface area contributed by atoms with E-state index < -0.39 is 11.9 Å². The molecule has 1 aromatic heterocycles. The third-order valence-electron chi connectivity index (χ3n) is 4.98. The van der Waals surface area contributed by atoms with Crippen molar-refractivity contribution in [3.8, 4) is 0 Å². The van der Waals surface area contributed by atoms with E-state index in [1.165, 1.54) is 25.5 Å². The highest BCUT2D eigenvalue weighted by Crippen LogP contribution is 2.28. The summed E-state index contributed by atoms with van der Waals surface area (Å²) in [6.07, 6.45) is 0.549. The SMILES string of the molecule is CN1CCCC[C@@H]1CN1CCN(c2nccc(C(F)(F)F)n2)CC1. The third-order valence-corrected chi connectivity index (χ3v) is 4.98. The van der Waals surface area contributed by atoms with Crippen LogP contribution in [-0.2, 0) is 6.18 Å². The zero-order chi connectivity index (χ0) is 17.2. The summed E-state index contributed by atoms with van der Waals surface area (Å²) in [6.45, 7) is 5.19. The Bertz CT molecular complexity index is 543. The second kappa shape index (κ2) is 7.23. The molecule has 0 aliphatic carbocycles. The van der Waals surface area contributed by atoms with Crippen LogP contribution in [0.25, 0.3) is 0 Å². The van der Waals surface area contributed by atoms with Crippen molar-refractivity contribution in [3.05, 3.63) is 18.0 Å². The molecule has 2 aliphatic rings. The summed E-state index contributed by atoms with van der Waals surface area (Å²) in [5, 5.41) is 0. The minimum Gasteiger partial charge on any atom is -0.338 e. The fraction of sp³-hybridized carbons (Fsp3) is 0.750. The molecule has 1 aromatic rings. The summed E-state index contributed by atoms with van der Waals surface area (Å²) in [7, 11) is 2.18. The molecule has 0 radical (unpaired) electrons. The van der Waals surface area contributed by atoms with Crippen LogP contribution < -0.4 is 4.90 Å². The Morgan fingerprint density at radius 2 is 1.88 bits per heavy atom. The molecule has 2 saturated heterocycles. The summed E-state index contributed by atoms with van der Waals surface area (Å²) in [5.41, 5.74) is -0.876. The molecule has 3 rings (SSSR count). The van der Waals surface area contributed by atoms with E-state index in [1.54, 1.807) is 0 Å². The molecule has 0 saturated carbocycles. The standard InChI is InChI=1S/C16H24F3N5/c1-22-7-3-2-4-13(22)12-23-8-10-24(11-9-23)15-20-6-5-14(21-15)16(17,18)19/h5-6,13H,2-4,7-12H2,1H3/t13-/m1/s1. The van der Waals surface area contributed by atoms with Gasteiger partial charge >= 0.3 is 6.18 Å². The molecule has 5 nitrogen and oxygen atoms in total. The molecule has 24 heavy (non-hydrogen) atoms. The first-order valence-corrected chi connectivity index (χ1v) is 8.51. The number of likely N-dealkylation sites (N-methyl/N-ethyl adjacent to an activating group) is 1. The molecule has 2 aliphatic heterocycles. The van der Waals surface area contributed by atoms with Crippen LogP contribution in [0.1, 0.15) is 25.0 Å². The molecule has 3 heterocycles. The predicted molar refractivity (Wildman–Crippen MR) is 86.0 cm³/mol. The minimum absolute atomic E-state index is 0.180. The third kappa shape index (κ3) is 4.16. The lowest BCUT2D eigenvalue weighted by molar-refractivity contribution is -0.141. The Morgan fingerprint density at radius 1 is 1.12 bits per heavy atom. The summed E-state index contributed by atoms with van der Waals surface area (Å²) >= 11 is 0. The van der Waals surface area contributed by atoms with Crippen molar-refractivity contribution in [1.82, 2.24) is 19.8 Å². The summed E-state index contributed by atoms with van der Waals surface area (Å²) < 4.78 is 38.3. The van der Waals surface area contributed by atoms with E-state index in [0.717, 1.165) is 32.2 Å². The molecule has 0 spiro atoms. The number of rotatable bonds is 3. The van der Waals surface area contributed by atoms with Crippen LogP contribution in [-0.4, -0.2) is 72.1 Å². The van der Waals surface area contributed by atoms with Crippen LogP contribution in [0.3, 0.4) is 0 Å². The summed E-state index contributed by atoms with van der Waals surface area (Å²) in [4.78, 5) is 14.4. The molecular formula is C16H24F3N5. The first-order chi connectivity index (χ1) is 11.4. The highest BCUT2D eigenvalue weighted by atomic mass is 19.4. The van der Waals surface area contributed by atoms with Crippen molar-refractivity contribution < 1.29 is 13.2 Å².